The molecule has 0 fully saturated rings. The van der Waals surface area contributed by atoms with Gasteiger partial charge in [0.15, 0.2) is 0 Å². The molecule has 4 aromatic rings. The summed E-state index contributed by atoms with van der Waals surface area (Å²) in [5, 5.41) is 0. The Morgan fingerprint density at radius 2 is 1.06 bits per heavy atom. The number of unbranched alkanes of at least 4 members (excludes halogenated alkanes) is 2. The maximum Gasteiger partial charge on any atom is 0.261 e. The molecule has 6 rings (SSSR count). The number of carbonyl (C=O) groups is 2. The molecule has 2 aliphatic rings. The fourth-order valence-electron chi connectivity index (χ4n) is 7.63. The fourth-order valence-corrected chi connectivity index (χ4v) is 9.81. The number of thiophene rings is 2. The van der Waals surface area contributed by atoms with E-state index in [0.717, 1.165) is 88.4 Å². The van der Waals surface area contributed by atoms with Gasteiger partial charge in [-0.3, -0.25) is 9.59 Å². The van der Waals surface area contributed by atoms with E-state index >= 15 is 18.4 Å². The van der Waals surface area contributed by atoms with Gasteiger partial charge in [-0.15, -0.1) is 22.7 Å². The van der Waals surface area contributed by atoms with Crippen molar-refractivity contribution < 1.29 is 18.4 Å². The highest BCUT2D eigenvalue weighted by molar-refractivity contribution is 7.17. The van der Waals surface area contributed by atoms with Crippen LogP contribution in [0.4, 0.5) is 8.78 Å². The van der Waals surface area contributed by atoms with E-state index in [0.29, 0.717) is 46.8 Å². The van der Waals surface area contributed by atoms with Crippen molar-refractivity contribution >= 4 is 45.9 Å². The summed E-state index contributed by atoms with van der Waals surface area (Å²) in [5.74, 6) is -0.372. The largest absolute Gasteiger partial charge is 0.306 e. The van der Waals surface area contributed by atoms with Gasteiger partial charge in [-0.05, 0) is 85.5 Å². The number of halogens is 2. The van der Waals surface area contributed by atoms with E-state index in [1.54, 1.807) is 12.1 Å². The molecule has 0 saturated heterocycles. The Balaban J connectivity index is 1.53. The lowest BCUT2D eigenvalue weighted by Crippen LogP contribution is -2.34. The van der Waals surface area contributed by atoms with Gasteiger partial charge in [-0.2, -0.15) is 0 Å². The molecule has 2 aliphatic heterocycles. The van der Waals surface area contributed by atoms with Gasteiger partial charge in [-0.25, -0.2) is 8.78 Å². The van der Waals surface area contributed by atoms with Crippen molar-refractivity contribution in [1.82, 2.24) is 9.80 Å². The monoisotopic (exact) mass is 754 g/mol. The van der Waals surface area contributed by atoms with E-state index in [4.69, 9.17) is 0 Å². The Kier molecular flexibility index (Phi) is 12.5. The number of aryl methyl sites for hydroxylation is 2. The first-order chi connectivity index (χ1) is 25.6. The first-order valence-corrected chi connectivity index (χ1v) is 21.1. The van der Waals surface area contributed by atoms with Crippen LogP contribution in [-0.4, -0.2) is 34.7 Å². The molecule has 280 valence electrons. The second-order valence-corrected chi connectivity index (χ2v) is 16.8. The van der Waals surface area contributed by atoms with Crippen molar-refractivity contribution in [1.29, 1.82) is 0 Å². The van der Waals surface area contributed by atoms with Gasteiger partial charge in [0.25, 0.3) is 11.8 Å². The molecule has 2 unspecified atom stereocenters. The van der Waals surface area contributed by atoms with Gasteiger partial charge in [0.1, 0.15) is 11.6 Å². The van der Waals surface area contributed by atoms with E-state index < -0.39 is 0 Å². The van der Waals surface area contributed by atoms with Crippen LogP contribution in [0.25, 0.3) is 32.3 Å². The number of carbonyl (C=O) groups excluding carboxylic acids is 2. The zero-order valence-electron chi connectivity index (χ0n) is 32.0. The second-order valence-electron chi connectivity index (χ2n) is 14.6. The SMILES string of the molecule is CCCCC(CC)CN1C(=O)C2=C(c3ccc(-c4ccc(CC)cc4F)s3)N(CC(CC)CCCC)C(=O)C2=C1c1ccc(-c2ccc(C)cc2F)s1. The lowest BCUT2D eigenvalue weighted by Gasteiger charge is -2.29. The van der Waals surface area contributed by atoms with Crippen LogP contribution < -0.4 is 0 Å². The van der Waals surface area contributed by atoms with Crippen LogP contribution in [0.15, 0.2) is 71.8 Å². The number of nitrogens with zero attached hydrogens (tertiary/aromatic N) is 2. The normalized spacial score (nSPS) is 15.7. The Morgan fingerprint density at radius 3 is 1.47 bits per heavy atom. The molecule has 0 radical (unpaired) electrons. The maximum atomic E-state index is 15.4. The summed E-state index contributed by atoms with van der Waals surface area (Å²) in [7, 11) is 0. The third-order valence-electron chi connectivity index (χ3n) is 10.9. The van der Waals surface area contributed by atoms with Crippen molar-refractivity contribution in [3.05, 3.63) is 104 Å². The number of benzene rings is 2. The van der Waals surface area contributed by atoms with Crippen LogP contribution in [0, 0.1) is 30.4 Å². The van der Waals surface area contributed by atoms with E-state index in [1.165, 1.54) is 28.7 Å². The topological polar surface area (TPSA) is 40.6 Å². The van der Waals surface area contributed by atoms with Crippen molar-refractivity contribution in [2.75, 3.05) is 13.1 Å². The number of hydrogen-bond donors (Lipinski definition) is 0. The van der Waals surface area contributed by atoms with Gasteiger partial charge in [0.2, 0.25) is 0 Å². The lowest BCUT2D eigenvalue weighted by atomic mass is 9.98. The highest BCUT2D eigenvalue weighted by Crippen LogP contribution is 2.51. The molecule has 0 aliphatic carbocycles. The molecule has 2 amide bonds. The minimum Gasteiger partial charge on any atom is -0.306 e. The molecule has 2 aromatic heterocycles. The quantitative estimate of drug-likeness (QED) is 0.108. The number of hydrogen-bond acceptors (Lipinski definition) is 4. The van der Waals surface area contributed by atoms with Gasteiger partial charge in [0, 0.05) is 34.0 Å². The smallest absolute Gasteiger partial charge is 0.261 e. The molecule has 2 aromatic carbocycles. The van der Waals surface area contributed by atoms with E-state index in [9.17, 15) is 0 Å². The predicted octanol–water partition coefficient (Wildman–Crippen LogP) is 12.5. The van der Waals surface area contributed by atoms with Crippen LogP contribution in [0.3, 0.4) is 0 Å². The Bertz CT molecular complexity index is 2040. The summed E-state index contributed by atoms with van der Waals surface area (Å²) in [6.07, 6.45) is 8.80. The highest BCUT2D eigenvalue weighted by atomic mass is 32.1. The Hall–Kier alpha value is -3.88. The minimum absolute atomic E-state index is 0.165. The first-order valence-electron chi connectivity index (χ1n) is 19.5. The van der Waals surface area contributed by atoms with Crippen molar-refractivity contribution in [3.8, 4) is 20.9 Å². The van der Waals surface area contributed by atoms with Crippen LogP contribution in [0.1, 0.15) is 107 Å². The molecular formula is C45H52F2N2O2S2. The van der Waals surface area contributed by atoms with Gasteiger partial charge >= 0.3 is 0 Å². The predicted molar refractivity (Wildman–Crippen MR) is 217 cm³/mol. The maximum absolute atomic E-state index is 15.4. The molecular weight excluding hydrogens is 703 g/mol. The molecule has 2 atom stereocenters. The van der Waals surface area contributed by atoms with E-state index in [1.807, 2.05) is 66.1 Å². The summed E-state index contributed by atoms with van der Waals surface area (Å²) < 4.78 is 30.6. The van der Waals surface area contributed by atoms with E-state index in [-0.39, 0.29) is 35.3 Å². The average Bonchev–Trinajstić information content (AvgIpc) is 3.94. The molecule has 4 nitrogen and oxygen atoms in total. The third-order valence-corrected chi connectivity index (χ3v) is 13.2. The van der Waals surface area contributed by atoms with Crippen molar-refractivity contribution in [2.45, 2.75) is 99.3 Å². The molecule has 0 N–H and O–H groups in total. The van der Waals surface area contributed by atoms with Crippen LogP contribution in [0.5, 0.6) is 0 Å². The average molecular weight is 755 g/mol. The summed E-state index contributed by atoms with van der Waals surface area (Å²) in [6.45, 7) is 13.6. The highest BCUT2D eigenvalue weighted by Gasteiger charge is 2.50. The standard InChI is InChI=1S/C45H52F2N2O2S2/c1-7-12-14-30(10-4)26-48-42(38-22-20-36(52-38)32-18-16-28(6)24-34(32)46)40-41(45(48)51)43(49(44(40)50)27-31(11-5)15-13-8-2)39-23-21-37(53-39)33-19-17-29(9-3)25-35(33)47/h16-25,30-31H,7-15,26-27H2,1-6H3. The van der Waals surface area contributed by atoms with Crippen LogP contribution in [-0.2, 0) is 16.0 Å². The zero-order chi connectivity index (χ0) is 37.8. The molecule has 8 heteroatoms. The van der Waals surface area contributed by atoms with Crippen LogP contribution in [0.2, 0.25) is 0 Å². The van der Waals surface area contributed by atoms with Crippen LogP contribution >= 0.6 is 22.7 Å². The summed E-state index contributed by atoms with van der Waals surface area (Å²) in [5.41, 5.74) is 4.94. The third kappa shape index (κ3) is 7.86. The van der Waals surface area contributed by atoms with Gasteiger partial charge in [-0.1, -0.05) is 97.4 Å². The lowest BCUT2D eigenvalue weighted by molar-refractivity contribution is -0.124. The molecule has 4 heterocycles. The number of rotatable bonds is 17. The molecule has 0 spiro atoms. The Labute approximate surface area is 322 Å². The summed E-state index contributed by atoms with van der Waals surface area (Å²) in [4.78, 5) is 36.8. The Morgan fingerprint density at radius 1 is 0.604 bits per heavy atom. The van der Waals surface area contributed by atoms with Gasteiger partial charge in [0.05, 0.1) is 32.3 Å². The van der Waals surface area contributed by atoms with Crippen molar-refractivity contribution in [2.24, 2.45) is 11.8 Å². The molecule has 53 heavy (non-hydrogen) atoms. The zero-order valence-corrected chi connectivity index (χ0v) is 33.6. The molecule has 0 saturated carbocycles. The number of fused-ring (bicyclic) bond motifs is 1. The molecule has 0 bridgehead atoms. The first kappa shape index (κ1) is 38.8. The van der Waals surface area contributed by atoms with E-state index in [2.05, 4.69) is 27.7 Å². The fraction of sp³-hybridized carbons (Fsp3) is 0.422. The second kappa shape index (κ2) is 17.1. The van der Waals surface area contributed by atoms with Gasteiger partial charge < -0.3 is 9.80 Å². The number of amides is 2. The summed E-state index contributed by atoms with van der Waals surface area (Å²) in [6, 6.07) is 18.3. The van der Waals surface area contributed by atoms with Crippen molar-refractivity contribution in [3.63, 3.8) is 0 Å². The minimum atomic E-state index is -0.293. The summed E-state index contributed by atoms with van der Waals surface area (Å²) >= 11 is 2.85.